The van der Waals surface area contributed by atoms with E-state index in [1.807, 2.05) is 0 Å². The molecule has 0 aliphatic heterocycles. The molecule has 0 heterocycles. The summed E-state index contributed by atoms with van der Waals surface area (Å²) in [6.07, 6.45) is 0.0654. The van der Waals surface area contributed by atoms with Crippen LogP contribution in [0.4, 0.5) is 5.69 Å². The Balaban J connectivity index is 2.23. The molecule has 2 amide bonds. The Labute approximate surface area is 139 Å². The lowest BCUT2D eigenvalue weighted by Crippen LogP contribution is -2.20. The number of carbonyl (C=O) groups excluding carboxylic acids is 2. The highest BCUT2D eigenvalue weighted by Crippen LogP contribution is 2.24. The molecule has 6 heteroatoms. The van der Waals surface area contributed by atoms with Gasteiger partial charge in [-0.2, -0.15) is 0 Å². The van der Waals surface area contributed by atoms with Gasteiger partial charge in [0.2, 0.25) is 5.91 Å². The quantitative estimate of drug-likeness (QED) is 0.883. The number of carbonyl (C=O) groups is 2. The summed E-state index contributed by atoms with van der Waals surface area (Å²) >= 11 is 5.96. The summed E-state index contributed by atoms with van der Waals surface area (Å²) in [7, 11) is 1.52. The number of aryl methyl sites for hydroxylation is 1. The smallest absolute Gasteiger partial charge is 0.251 e. The minimum atomic E-state index is -0.585. The number of amides is 2. The van der Waals surface area contributed by atoms with E-state index in [9.17, 15) is 9.59 Å². The molecule has 0 aliphatic rings. The Morgan fingerprint density at radius 2 is 2.00 bits per heavy atom. The highest BCUT2D eigenvalue weighted by molar-refractivity contribution is 6.30. The summed E-state index contributed by atoms with van der Waals surface area (Å²) in [4.78, 5) is 23.8. The molecule has 0 atom stereocenters. The van der Waals surface area contributed by atoms with E-state index in [-0.39, 0.29) is 12.3 Å². The van der Waals surface area contributed by atoms with E-state index in [0.29, 0.717) is 33.1 Å². The number of rotatable bonds is 5. The predicted octanol–water partition coefficient (Wildman–Crippen LogP) is 2.94. The fraction of sp³-hybridized carbons (Fsp3) is 0.176. The molecule has 0 bridgehead atoms. The van der Waals surface area contributed by atoms with Crippen LogP contribution in [0.5, 0.6) is 5.75 Å². The van der Waals surface area contributed by atoms with Gasteiger partial charge in [-0.15, -0.1) is 0 Å². The van der Waals surface area contributed by atoms with Crippen molar-refractivity contribution in [2.75, 3.05) is 12.4 Å². The molecule has 3 N–H and O–H groups in total. The van der Waals surface area contributed by atoms with E-state index in [4.69, 9.17) is 22.1 Å². The van der Waals surface area contributed by atoms with Crippen molar-refractivity contribution in [1.82, 2.24) is 0 Å². The average molecular weight is 333 g/mol. The van der Waals surface area contributed by atoms with E-state index in [1.165, 1.54) is 7.11 Å². The van der Waals surface area contributed by atoms with Crippen molar-refractivity contribution in [3.63, 3.8) is 0 Å². The fourth-order valence-electron chi connectivity index (χ4n) is 2.35. The number of methoxy groups -OCH3 is 1. The first-order valence-electron chi connectivity index (χ1n) is 6.94. The van der Waals surface area contributed by atoms with Gasteiger partial charge < -0.3 is 15.8 Å². The molecular formula is C17H17ClN2O3. The molecule has 120 valence electrons. The van der Waals surface area contributed by atoms with Crippen LogP contribution in [0, 0.1) is 6.92 Å². The first kappa shape index (κ1) is 16.8. The molecule has 0 saturated carbocycles. The molecule has 0 unspecified atom stereocenters. The van der Waals surface area contributed by atoms with E-state index >= 15 is 0 Å². The zero-order valence-electron chi connectivity index (χ0n) is 12.9. The average Bonchev–Trinajstić information content (AvgIpc) is 2.47. The van der Waals surface area contributed by atoms with Gasteiger partial charge in [0.15, 0.2) is 0 Å². The summed E-state index contributed by atoms with van der Waals surface area (Å²) in [5.41, 5.74) is 7.44. The van der Waals surface area contributed by atoms with Crippen LogP contribution in [0.1, 0.15) is 21.5 Å². The zero-order chi connectivity index (χ0) is 17.0. The molecule has 0 saturated heterocycles. The number of primary amides is 1. The number of anilines is 1. The maximum absolute atomic E-state index is 12.3. The lowest BCUT2D eigenvalue weighted by molar-refractivity contribution is -0.115. The molecule has 23 heavy (non-hydrogen) atoms. The highest BCUT2D eigenvalue weighted by Gasteiger charge is 2.15. The van der Waals surface area contributed by atoms with Gasteiger partial charge in [-0.25, -0.2) is 0 Å². The Morgan fingerprint density at radius 1 is 1.26 bits per heavy atom. The van der Waals surface area contributed by atoms with Crippen LogP contribution in [-0.2, 0) is 11.2 Å². The molecule has 2 rings (SSSR count). The van der Waals surface area contributed by atoms with Crippen LogP contribution in [0.3, 0.4) is 0 Å². The molecule has 0 aliphatic carbocycles. The molecular weight excluding hydrogens is 316 g/mol. The second-order valence-electron chi connectivity index (χ2n) is 5.04. The Morgan fingerprint density at radius 3 is 2.65 bits per heavy atom. The normalized spacial score (nSPS) is 10.2. The van der Waals surface area contributed by atoms with E-state index in [2.05, 4.69) is 5.32 Å². The number of benzene rings is 2. The van der Waals surface area contributed by atoms with Gasteiger partial charge in [-0.05, 0) is 36.8 Å². The van der Waals surface area contributed by atoms with Crippen molar-refractivity contribution in [2.24, 2.45) is 5.73 Å². The zero-order valence-corrected chi connectivity index (χ0v) is 13.6. The molecule has 0 spiro atoms. The molecule has 0 fully saturated rings. The number of nitrogens with two attached hydrogens (primary N) is 1. The summed E-state index contributed by atoms with van der Waals surface area (Å²) < 4.78 is 5.22. The summed E-state index contributed by atoms with van der Waals surface area (Å²) in [5, 5.41) is 3.23. The van der Waals surface area contributed by atoms with Crippen molar-refractivity contribution >= 4 is 29.1 Å². The van der Waals surface area contributed by atoms with Gasteiger partial charge in [-0.3, -0.25) is 9.59 Å². The van der Waals surface area contributed by atoms with Gasteiger partial charge in [-0.1, -0.05) is 23.7 Å². The van der Waals surface area contributed by atoms with Crippen molar-refractivity contribution in [2.45, 2.75) is 13.3 Å². The molecule has 2 aromatic carbocycles. The van der Waals surface area contributed by atoms with Gasteiger partial charge in [0, 0.05) is 10.6 Å². The predicted molar refractivity (Wildman–Crippen MR) is 90.0 cm³/mol. The Hall–Kier alpha value is -2.53. The fourth-order valence-corrected chi connectivity index (χ4v) is 2.55. The molecule has 5 nitrogen and oxygen atoms in total. The largest absolute Gasteiger partial charge is 0.496 e. The van der Waals surface area contributed by atoms with Crippen LogP contribution in [-0.4, -0.2) is 18.9 Å². The van der Waals surface area contributed by atoms with Gasteiger partial charge in [0.25, 0.3) is 5.91 Å². The highest BCUT2D eigenvalue weighted by atomic mass is 35.5. The molecule has 2 aromatic rings. The van der Waals surface area contributed by atoms with Crippen LogP contribution < -0.4 is 15.8 Å². The summed E-state index contributed by atoms with van der Waals surface area (Å²) in [6, 6.07) is 10.2. The second-order valence-corrected chi connectivity index (χ2v) is 5.48. The summed E-state index contributed by atoms with van der Waals surface area (Å²) in [5.74, 6) is -0.304. The minimum absolute atomic E-state index is 0.0654. The van der Waals surface area contributed by atoms with Crippen LogP contribution in [0.25, 0.3) is 0 Å². The third-order valence-corrected chi connectivity index (χ3v) is 3.62. The number of nitrogens with one attached hydrogen (secondary N) is 1. The van der Waals surface area contributed by atoms with Crippen molar-refractivity contribution in [3.05, 3.63) is 58.1 Å². The lowest BCUT2D eigenvalue weighted by Gasteiger charge is -2.12. The first-order chi connectivity index (χ1) is 10.9. The number of ether oxygens (including phenoxy) is 1. The number of hydrogen-bond donors (Lipinski definition) is 2. The third kappa shape index (κ3) is 4.02. The van der Waals surface area contributed by atoms with E-state index in [1.54, 1.807) is 43.3 Å². The van der Waals surface area contributed by atoms with Crippen molar-refractivity contribution in [3.8, 4) is 5.75 Å². The van der Waals surface area contributed by atoms with Crippen molar-refractivity contribution < 1.29 is 14.3 Å². The minimum Gasteiger partial charge on any atom is -0.496 e. The Bertz CT molecular complexity index is 759. The maximum atomic E-state index is 12.3. The maximum Gasteiger partial charge on any atom is 0.251 e. The van der Waals surface area contributed by atoms with Crippen LogP contribution in [0.15, 0.2) is 36.4 Å². The first-order valence-corrected chi connectivity index (χ1v) is 7.32. The molecule has 0 radical (unpaired) electrons. The van der Waals surface area contributed by atoms with Gasteiger partial charge in [0.1, 0.15) is 5.75 Å². The SMILES string of the molecule is COc1ccc(Cl)cc1CC(=O)Nc1cccc(C)c1C(N)=O. The molecule has 0 aromatic heterocycles. The Kier molecular flexibility index (Phi) is 5.24. The third-order valence-electron chi connectivity index (χ3n) is 3.39. The van der Waals surface area contributed by atoms with E-state index < -0.39 is 5.91 Å². The number of halogens is 1. The van der Waals surface area contributed by atoms with Gasteiger partial charge >= 0.3 is 0 Å². The second kappa shape index (κ2) is 7.15. The van der Waals surface area contributed by atoms with E-state index in [0.717, 1.165) is 0 Å². The standard InChI is InChI=1S/C17H17ClN2O3/c1-10-4-3-5-13(16(10)17(19)22)20-15(21)9-11-8-12(18)6-7-14(11)23-2/h3-8H,9H2,1-2H3,(H2,19,22)(H,20,21). The van der Waals surface area contributed by atoms with Crippen molar-refractivity contribution in [1.29, 1.82) is 0 Å². The van der Waals surface area contributed by atoms with Crippen LogP contribution in [0.2, 0.25) is 5.02 Å². The topological polar surface area (TPSA) is 81.4 Å². The summed E-state index contributed by atoms with van der Waals surface area (Å²) in [6.45, 7) is 1.76. The van der Waals surface area contributed by atoms with Gasteiger partial charge in [0.05, 0.1) is 24.8 Å². The lowest BCUT2D eigenvalue weighted by atomic mass is 10.1. The number of hydrogen-bond acceptors (Lipinski definition) is 3. The monoisotopic (exact) mass is 332 g/mol. The van der Waals surface area contributed by atoms with Crippen LogP contribution >= 0.6 is 11.6 Å².